The predicted octanol–water partition coefficient (Wildman–Crippen LogP) is 2.03. The number of nitrogens with one attached hydrogen (secondary N) is 1. The van der Waals surface area contributed by atoms with E-state index in [2.05, 4.69) is 5.32 Å². The van der Waals surface area contributed by atoms with Crippen LogP contribution >= 0.6 is 0 Å². The SMILES string of the molecule is NCc1cccc(NC(=O)CS(=O)c2ccc(F)cc2)c1. The first-order valence-electron chi connectivity index (χ1n) is 6.31. The Labute approximate surface area is 124 Å². The van der Waals surface area contributed by atoms with Crippen LogP contribution in [0.1, 0.15) is 5.56 Å². The topological polar surface area (TPSA) is 72.2 Å². The molecule has 21 heavy (non-hydrogen) atoms. The molecule has 4 nitrogen and oxygen atoms in total. The molecule has 3 N–H and O–H groups in total. The first-order valence-corrected chi connectivity index (χ1v) is 7.63. The van der Waals surface area contributed by atoms with Crippen LogP contribution in [0.25, 0.3) is 0 Å². The van der Waals surface area contributed by atoms with Crippen LogP contribution in [0.2, 0.25) is 0 Å². The van der Waals surface area contributed by atoms with E-state index in [9.17, 15) is 13.4 Å². The fourth-order valence-electron chi connectivity index (χ4n) is 1.76. The summed E-state index contributed by atoms with van der Waals surface area (Å²) >= 11 is 0. The largest absolute Gasteiger partial charge is 0.326 e. The summed E-state index contributed by atoms with van der Waals surface area (Å²) in [5.41, 5.74) is 7.03. The fraction of sp³-hybridized carbons (Fsp3) is 0.133. The van der Waals surface area contributed by atoms with E-state index in [1.807, 2.05) is 6.07 Å². The van der Waals surface area contributed by atoms with Gasteiger partial charge in [-0.25, -0.2) is 4.39 Å². The third-order valence-corrected chi connectivity index (χ3v) is 4.11. The highest BCUT2D eigenvalue weighted by Crippen LogP contribution is 2.12. The van der Waals surface area contributed by atoms with E-state index < -0.39 is 16.6 Å². The summed E-state index contributed by atoms with van der Waals surface area (Å²) in [6, 6.07) is 12.4. The number of rotatable bonds is 5. The smallest absolute Gasteiger partial charge is 0.237 e. The average molecular weight is 306 g/mol. The normalized spacial score (nSPS) is 11.9. The monoisotopic (exact) mass is 306 g/mol. The Hall–Kier alpha value is -2.05. The zero-order valence-corrected chi connectivity index (χ0v) is 12.0. The second-order valence-corrected chi connectivity index (χ2v) is 5.85. The standard InChI is InChI=1S/C15H15FN2O2S/c16-12-4-6-14(7-5-12)21(20)10-15(19)18-13-3-1-2-11(8-13)9-17/h1-8H,9-10,17H2,(H,18,19). The predicted molar refractivity (Wildman–Crippen MR) is 80.6 cm³/mol. The number of anilines is 1. The van der Waals surface area contributed by atoms with Gasteiger partial charge in [-0.05, 0) is 42.0 Å². The molecule has 2 rings (SSSR count). The molecule has 1 amide bonds. The van der Waals surface area contributed by atoms with Crippen molar-refractivity contribution >= 4 is 22.4 Å². The number of hydrogen-bond donors (Lipinski definition) is 2. The minimum atomic E-state index is -1.51. The van der Waals surface area contributed by atoms with Crippen molar-refractivity contribution in [2.75, 3.05) is 11.1 Å². The Morgan fingerprint density at radius 1 is 1.19 bits per heavy atom. The Morgan fingerprint density at radius 3 is 2.57 bits per heavy atom. The molecule has 0 fully saturated rings. The van der Waals surface area contributed by atoms with E-state index in [4.69, 9.17) is 5.73 Å². The molecule has 6 heteroatoms. The molecule has 0 saturated carbocycles. The minimum Gasteiger partial charge on any atom is -0.326 e. The summed E-state index contributed by atoms with van der Waals surface area (Å²) < 4.78 is 24.8. The lowest BCUT2D eigenvalue weighted by Crippen LogP contribution is -2.19. The van der Waals surface area contributed by atoms with E-state index in [0.29, 0.717) is 17.1 Å². The van der Waals surface area contributed by atoms with Gasteiger partial charge in [-0.2, -0.15) is 0 Å². The van der Waals surface area contributed by atoms with Gasteiger partial charge in [0.05, 0.1) is 10.8 Å². The van der Waals surface area contributed by atoms with Gasteiger partial charge in [0.2, 0.25) is 5.91 Å². The molecular formula is C15H15FN2O2S. The molecule has 0 heterocycles. The molecule has 2 aromatic rings. The highest BCUT2D eigenvalue weighted by Gasteiger charge is 2.10. The second-order valence-electron chi connectivity index (χ2n) is 4.40. The number of halogens is 1. The van der Waals surface area contributed by atoms with Crippen LogP contribution < -0.4 is 11.1 Å². The van der Waals surface area contributed by atoms with E-state index in [1.54, 1.807) is 18.2 Å². The second kappa shape index (κ2) is 7.10. The number of benzene rings is 2. The first-order chi connectivity index (χ1) is 10.1. The van der Waals surface area contributed by atoms with Crippen molar-refractivity contribution in [3.8, 4) is 0 Å². The number of nitrogens with two attached hydrogens (primary N) is 1. The summed E-state index contributed by atoms with van der Waals surface area (Å²) in [6.45, 7) is 0.380. The van der Waals surface area contributed by atoms with Crippen LogP contribution in [0, 0.1) is 5.82 Å². The molecule has 0 aromatic heterocycles. The Balaban J connectivity index is 1.97. The summed E-state index contributed by atoms with van der Waals surface area (Å²) in [5.74, 6) is -0.955. The molecule has 1 atom stereocenters. The van der Waals surface area contributed by atoms with Crippen molar-refractivity contribution in [2.45, 2.75) is 11.4 Å². The maximum Gasteiger partial charge on any atom is 0.237 e. The van der Waals surface area contributed by atoms with Crippen molar-refractivity contribution in [1.29, 1.82) is 0 Å². The van der Waals surface area contributed by atoms with E-state index in [1.165, 1.54) is 24.3 Å². The molecule has 2 aromatic carbocycles. The lowest BCUT2D eigenvalue weighted by atomic mass is 10.2. The quantitative estimate of drug-likeness (QED) is 0.888. The molecule has 110 valence electrons. The van der Waals surface area contributed by atoms with Crippen LogP contribution in [-0.4, -0.2) is 15.9 Å². The summed E-state index contributed by atoms with van der Waals surface area (Å²) in [7, 11) is -1.51. The van der Waals surface area contributed by atoms with Gasteiger partial charge in [-0.15, -0.1) is 0 Å². The van der Waals surface area contributed by atoms with Crippen LogP contribution in [0.15, 0.2) is 53.4 Å². The van der Waals surface area contributed by atoms with Gasteiger partial charge in [0, 0.05) is 17.1 Å². The Kier molecular flexibility index (Phi) is 5.19. The minimum absolute atomic E-state index is 0.182. The molecular weight excluding hydrogens is 291 g/mol. The molecule has 0 aliphatic carbocycles. The molecule has 0 aliphatic rings. The molecule has 0 spiro atoms. The maximum atomic E-state index is 12.8. The number of carbonyl (C=O) groups is 1. The van der Waals surface area contributed by atoms with Crippen LogP contribution in [0.3, 0.4) is 0 Å². The molecule has 1 unspecified atom stereocenters. The van der Waals surface area contributed by atoms with E-state index in [-0.39, 0.29) is 11.7 Å². The molecule has 0 radical (unpaired) electrons. The Bertz CT molecular complexity index is 659. The molecule has 0 bridgehead atoms. The van der Waals surface area contributed by atoms with Crippen LogP contribution in [-0.2, 0) is 22.1 Å². The lowest BCUT2D eigenvalue weighted by Gasteiger charge is -2.07. The van der Waals surface area contributed by atoms with Gasteiger partial charge in [-0.1, -0.05) is 12.1 Å². The highest BCUT2D eigenvalue weighted by molar-refractivity contribution is 7.85. The van der Waals surface area contributed by atoms with Crippen LogP contribution in [0.4, 0.5) is 10.1 Å². The zero-order valence-electron chi connectivity index (χ0n) is 11.2. The first kappa shape index (κ1) is 15.3. The molecule has 0 aliphatic heterocycles. The fourth-order valence-corrected chi connectivity index (χ4v) is 2.68. The summed E-state index contributed by atoms with van der Waals surface area (Å²) in [5, 5.41) is 2.67. The van der Waals surface area contributed by atoms with Gasteiger partial charge >= 0.3 is 0 Å². The third kappa shape index (κ3) is 4.47. The van der Waals surface area contributed by atoms with Gasteiger partial charge in [0.25, 0.3) is 0 Å². The van der Waals surface area contributed by atoms with E-state index >= 15 is 0 Å². The summed E-state index contributed by atoms with van der Waals surface area (Å²) in [4.78, 5) is 12.3. The van der Waals surface area contributed by atoms with Crippen molar-refractivity contribution in [1.82, 2.24) is 0 Å². The summed E-state index contributed by atoms with van der Waals surface area (Å²) in [6.07, 6.45) is 0. The van der Waals surface area contributed by atoms with Crippen molar-refractivity contribution in [3.63, 3.8) is 0 Å². The van der Waals surface area contributed by atoms with E-state index in [0.717, 1.165) is 5.56 Å². The molecule has 0 saturated heterocycles. The van der Waals surface area contributed by atoms with Crippen molar-refractivity contribution in [2.24, 2.45) is 5.73 Å². The van der Waals surface area contributed by atoms with Gasteiger partial charge < -0.3 is 11.1 Å². The van der Waals surface area contributed by atoms with Crippen molar-refractivity contribution in [3.05, 3.63) is 59.9 Å². The number of hydrogen-bond acceptors (Lipinski definition) is 3. The zero-order chi connectivity index (χ0) is 15.2. The van der Waals surface area contributed by atoms with Gasteiger partial charge in [0.1, 0.15) is 11.6 Å². The number of carbonyl (C=O) groups excluding carboxylic acids is 1. The van der Waals surface area contributed by atoms with Gasteiger partial charge in [0.15, 0.2) is 0 Å². The maximum absolute atomic E-state index is 12.8. The lowest BCUT2D eigenvalue weighted by molar-refractivity contribution is -0.113. The Morgan fingerprint density at radius 2 is 1.90 bits per heavy atom. The van der Waals surface area contributed by atoms with Crippen LogP contribution in [0.5, 0.6) is 0 Å². The average Bonchev–Trinajstić information content (AvgIpc) is 2.47. The van der Waals surface area contributed by atoms with Crippen molar-refractivity contribution < 1.29 is 13.4 Å². The third-order valence-electron chi connectivity index (χ3n) is 2.79. The number of amides is 1. The highest BCUT2D eigenvalue weighted by atomic mass is 32.2. The van der Waals surface area contributed by atoms with Gasteiger partial charge in [-0.3, -0.25) is 9.00 Å².